The number of aliphatic carboxylic acids is 1. The first kappa shape index (κ1) is 13.2. The summed E-state index contributed by atoms with van der Waals surface area (Å²) in [7, 11) is 0. The van der Waals surface area contributed by atoms with Gasteiger partial charge in [0.2, 0.25) is 5.91 Å². The summed E-state index contributed by atoms with van der Waals surface area (Å²) in [5.41, 5.74) is -1.14. The number of hydrogen-bond donors (Lipinski definition) is 2. The Bertz CT molecular complexity index is 398. The Kier molecular flexibility index (Phi) is 2.84. The molecule has 5 nitrogen and oxygen atoms in total. The standard InChI is InChI=1S/C11H16F2N2O3/c1-10(2,9(17)18)5-15-3-6-7(8(15)16)14-4-11(6,12)13/h6-7,14H,3-5H2,1-2H3,(H,17,18)/t6-,7-/m1/s1. The smallest absolute Gasteiger partial charge is 0.310 e. The number of carboxylic acid groups (broad SMARTS) is 1. The molecule has 7 heteroatoms. The van der Waals surface area contributed by atoms with E-state index in [1.54, 1.807) is 0 Å². The Hall–Kier alpha value is -1.24. The number of nitrogens with zero attached hydrogens (tertiary/aromatic N) is 1. The molecule has 18 heavy (non-hydrogen) atoms. The molecule has 0 aliphatic carbocycles. The number of hydrogen-bond acceptors (Lipinski definition) is 3. The third kappa shape index (κ3) is 1.96. The van der Waals surface area contributed by atoms with Gasteiger partial charge in [0.25, 0.3) is 5.92 Å². The third-order valence-corrected chi connectivity index (χ3v) is 3.66. The van der Waals surface area contributed by atoms with Crippen LogP contribution in [0.5, 0.6) is 0 Å². The van der Waals surface area contributed by atoms with Crippen LogP contribution in [-0.2, 0) is 9.59 Å². The number of carbonyl (C=O) groups excluding carboxylic acids is 1. The first-order valence-electron chi connectivity index (χ1n) is 5.78. The summed E-state index contributed by atoms with van der Waals surface area (Å²) in [4.78, 5) is 24.1. The van der Waals surface area contributed by atoms with Gasteiger partial charge in [-0.2, -0.15) is 0 Å². The normalized spacial score (nSPS) is 30.7. The van der Waals surface area contributed by atoms with Crippen LogP contribution in [0.2, 0.25) is 0 Å². The summed E-state index contributed by atoms with van der Waals surface area (Å²) >= 11 is 0. The Labute approximate surface area is 103 Å². The second-order valence-electron chi connectivity index (χ2n) is 5.63. The second kappa shape index (κ2) is 3.88. The third-order valence-electron chi connectivity index (χ3n) is 3.66. The zero-order valence-electron chi connectivity index (χ0n) is 10.2. The van der Waals surface area contributed by atoms with Gasteiger partial charge in [-0.3, -0.25) is 14.9 Å². The number of carbonyl (C=O) groups is 2. The molecule has 2 fully saturated rings. The fourth-order valence-electron chi connectivity index (χ4n) is 2.47. The Morgan fingerprint density at radius 3 is 2.72 bits per heavy atom. The maximum Gasteiger partial charge on any atom is 0.310 e. The van der Waals surface area contributed by atoms with Crippen molar-refractivity contribution >= 4 is 11.9 Å². The molecule has 0 spiro atoms. The van der Waals surface area contributed by atoms with Crippen molar-refractivity contribution in [3.8, 4) is 0 Å². The SMILES string of the molecule is CC(C)(CN1C[C@@H]2[C@@H](NCC2(F)F)C1=O)C(=O)O. The fraction of sp³-hybridized carbons (Fsp3) is 0.818. The van der Waals surface area contributed by atoms with Crippen molar-refractivity contribution in [2.45, 2.75) is 25.8 Å². The number of rotatable bonds is 3. The summed E-state index contributed by atoms with van der Waals surface area (Å²) in [5, 5.41) is 11.5. The molecule has 2 N–H and O–H groups in total. The average Bonchev–Trinajstić information content (AvgIpc) is 2.68. The molecule has 2 rings (SSSR count). The zero-order valence-corrected chi connectivity index (χ0v) is 10.2. The molecule has 0 unspecified atom stereocenters. The van der Waals surface area contributed by atoms with Crippen LogP contribution >= 0.6 is 0 Å². The molecule has 2 atom stereocenters. The van der Waals surface area contributed by atoms with Gasteiger partial charge in [0.15, 0.2) is 0 Å². The first-order valence-corrected chi connectivity index (χ1v) is 5.78. The molecular weight excluding hydrogens is 246 g/mol. The maximum absolute atomic E-state index is 13.5. The van der Waals surface area contributed by atoms with E-state index in [1.165, 1.54) is 18.7 Å². The number of amides is 1. The lowest BCUT2D eigenvalue weighted by molar-refractivity contribution is -0.149. The van der Waals surface area contributed by atoms with Gasteiger partial charge in [0.05, 0.1) is 23.9 Å². The number of fused-ring (bicyclic) bond motifs is 1. The van der Waals surface area contributed by atoms with Crippen molar-refractivity contribution in [3.05, 3.63) is 0 Å². The van der Waals surface area contributed by atoms with Crippen molar-refractivity contribution in [3.63, 3.8) is 0 Å². The molecule has 1 amide bonds. The highest BCUT2D eigenvalue weighted by Crippen LogP contribution is 2.38. The summed E-state index contributed by atoms with van der Waals surface area (Å²) < 4.78 is 27.0. The van der Waals surface area contributed by atoms with Crippen molar-refractivity contribution in [2.24, 2.45) is 11.3 Å². The van der Waals surface area contributed by atoms with Gasteiger partial charge in [-0.05, 0) is 13.8 Å². The van der Waals surface area contributed by atoms with E-state index in [9.17, 15) is 18.4 Å². The summed E-state index contributed by atoms with van der Waals surface area (Å²) in [6.45, 7) is 2.33. The average molecular weight is 262 g/mol. The minimum atomic E-state index is -2.90. The minimum Gasteiger partial charge on any atom is -0.481 e. The van der Waals surface area contributed by atoms with Crippen LogP contribution in [0.3, 0.4) is 0 Å². The van der Waals surface area contributed by atoms with Crippen LogP contribution in [0.4, 0.5) is 8.78 Å². The summed E-state index contributed by atoms with van der Waals surface area (Å²) in [6, 6.07) is -0.871. The molecular formula is C11H16F2N2O3. The Morgan fingerprint density at radius 2 is 2.22 bits per heavy atom. The lowest BCUT2D eigenvalue weighted by atomic mass is 9.93. The summed E-state index contributed by atoms with van der Waals surface area (Å²) in [5.74, 6) is -5.42. The Balaban J connectivity index is 2.11. The van der Waals surface area contributed by atoms with Gasteiger partial charge in [0.1, 0.15) is 0 Å². The predicted molar refractivity (Wildman–Crippen MR) is 58.2 cm³/mol. The van der Waals surface area contributed by atoms with E-state index in [1.807, 2.05) is 0 Å². The highest BCUT2D eigenvalue weighted by molar-refractivity contribution is 5.86. The number of nitrogens with one attached hydrogen (secondary N) is 1. The second-order valence-corrected chi connectivity index (χ2v) is 5.63. The molecule has 0 saturated carbocycles. The number of likely N-dealkylation sites (tertiary alicyclic amines) is 1. The number of halogens is 2. The number of alkyl halides is 2. The fourth-order valence-corrected chi connectivity index (χ4v) is 2.47. The van der Waals surface area contributed by atoms with E-state index in [0.717, 1.165) is 0 Å². The van der Waals surface area contributed by atoms with Gasteiger partial charge in [-0.25, -0.2) is 8.78 Å². The van der Waals surface area contributed by atoms with Gasteiger partial charge >= 0.3 is 5.97 Å². The lowest BCUT2D eigenvalue weighted by Crippen LogP contribution is -2.44. The van der Waals surface area contributed by atoms with Crippen LogP contribution < -0.4 is 5.32 Å². The van der Waals surface area contributed by atoms with E-state index < -0.39 is 41.7 Å². The first-order chi connectivity index (χ1) is 8.15. The van der Waals surface area contributed by atoms with Gasteiger partial charge < -0.3 is 10.0 Å². The molecule has 0 aromatic heterocycles. The van der Waals surface area contributed by atoms with Crippen molar-refractivity contribution in [2.75, 3.05) is 19.6 Å². The Morgan fingerprint density at radius 1 is 1.61 bits per heavy atom. The predicted octanol–water partition coefficient (Wildman–Crippen LogP) is 0.163. The van der Waals surface area contributed by atoms with E-state index in [2.05, 4.69) is 5.32 Å². The highest BCUT2D eigenvalue weighted by Gasteiger charge is 2.58. The molecule has 0 aromatic rings. The highest BCUT2D eigenvalue weighted by atomic mass is 19.3. The van der Waals surface area contributed by atoms with Gasteiger partial charge in [0, 0.05) is 13.1 Å². The van der Waals surface area contributed by atoms with Crippen molar-refractivity contribution in [1.82, 2.24) is 10.2 Å². The summed E-state index contributed by atoms with van der Waals surface area (Å²) in [6.07, 6.45) is 0. The quantitative estimate of drug-likeness (QED) is 0.760. The minimum absolute atomic E-state index is 0.0497. The van der Waals surface area contributed by atoms with Gasteiger partial charge in [-0.1, -0.05) is 0 Å². The van der Waals surface area contributed by atoms with Crippen LogP contribution in [0.25, 0.3) is 0 Å². The van der Waals surface area contributed by atoms with Crippen LogP contribution in [0.15, 0.2) is 0 Å². The van der Waals surface area contributed by atoms with Crippen molar-refractivity contribution < 1.29 is 23.5 Å². The van der Waals surface area contributed by atoms with E-state index in [0.29, 0.717) is 0 Å². The molecule has 2 aliphatic rings. The van der Waals surface area contributed by atoms with Crippen LogP contribution in [-0.4, -0.2) is 53.5 Å². The molecule has 0 radical (unpaired) electrons. The van der Waals surface area contributed by atoms with Crippen LogP contribution in [0, 0.1) is 11.3 Å². The monoisotopic (exact) mass is 262 g/mol. The molecule has 2 heterocycles. The van der Waals surface area contributed by atoms with Crippen molar-refractivity contribution in [1.29, 1.82) is 0 Å². The molecule has 0 bridgehead atoms. The van der Waals surface area contributed by atoms with Crippen LogP contribution in [0.1, 0.15) is 13.8 Å². The zero-order chi connectivity index (χ0) is 13.7. The molecule has 0 aromatic carbocycles. The molecule has 2 aliphatic heterocycles. The lowest BCUT2D eigenvalue weighted by Gasteiger charge is -2.27. The van der Waals surface area contributed by atoms with Gasteiger partial charge in [-0.15, -0.1) is 0 Å². The van der Waals surface area contributed by atoms with E-state index >= 15 is 0 Å². The van der Waals surface area contributed by atoms with E-state index in [4.69, 9.17) is 5.11 Å². The maximum atomic E-state index is 13.5. The van der Waals surface area contributed by atoms with E-state index in [-0.39, 0.29) is 13.1 Å². The number of carboxylic acids is 1. The molecule has 102 valence electrons. The largest absolute Gasteiger partial charge is 0.481 e. The molecule has 2 saturated heterocycles. The topological polar surface area (TPSA) is 69.6 Å².